The fourth-order valence-corrected chi connectivity index (χ4v) is 6.64. The molecule has 232 valence electrons. The number of benzene rings is 2. The van der Waals surface area contributed by atoms with Gasteiger partial charge in [-0.15, -0.1) is 10.2 Å². The average molecular weight is 629 g/mol. The monoisotopic (exact) mass is 628 g/mol. The summed E-state index contributed by atoms with van der Waals surface area (Å²) in [6.45, 7) is 2.45. The van der Waals surface area contributed by atoms with Crippen molar-refractivity contribution in [1.82, 2.24) is 50.7 Å². The number of hydrogen-bond donors (Lipinski definition) is 3. The van der Waals surface area contributed by atoms with E-state index in [-0.39, 0.29) is 44.4 Å². The van der Waals surface area contributed by atoms with Gasteiger partial charge in [0.25, 0.3) is 0 Å². The number of thiazole rings is 1. The number of H-pyrrole nitrogens is 1. The highest BCUT2D eigenvalue weighted by Gasteiger charge is 2.52. The van der Waals surface area contributed by atoms with Gasteiger partial charge in [-0.2, -0.15) is 15.5 Å². The minimum absolute atomic E-state index is 0.137. The largest absolute Gasteiger partial charge is 0.375 e. The number of tetrazole rings is 1. The van der Waals surface area contributed by atoms with Gasteiger partial charge in [-0.25, -0.2) is 14.8 Å². The quantitative estimate of drug-likeness (QED) is 0.172. The van der Waals surface area contributed by atoms with Crippen LogP contribution >= 0.6 is 11.3 Å². The molecule has 0 unspecified atom stereocenters. The van der Waals surface area contributed by atoms with Gasteiger partial charge in [0.2, 0.25) is 17.6 Å². The number of amides is 4. The summed E-state index contributed by atoms with van der Waals surface area (Å²) in [6.07, 6.45) is 1.25. The first kappa shape index (κ1) is 29.9. The van der Waals surface area contributed by atoms with Crippen LogP contribution in [-0.4, -0.2) is 102 Å². The first-order chi connectivity index (χ1) is 21.9. The lowest BCUT2D eigenvalue weighted by Gasteiger charge is -2.46. The molecule has 15 nitrogen and oxygen atoms in total. The molecule has 4 aromatic rings. The highest BCUT2D eigenvalue weighted by atomic mass is 32.1. The third kappa shape index (κ3) is 5.99. The van der Waals surface area contributed by atoms with Gasteiger partial charge in [0.05, 0.1) is 29.4 Å². The number of anilines is 1. The molecule has 2 aromatic heterocycles. The predicted octanol–water partition coefficient (Wildman–Crippen LogP) is 1.73. The lowest BCUT2D eigenvalue weighted by Crippen LogP contribution is -2.66. The van der Waals surface area contributed by atoms with Crippen molar-refractivity contribution in [3.8, 4) is 17.5 Å². The summed E-state index contributed by atoms with van der Waals surface area (Å²) >= 11 is 1.37. The Morgan fingerprint density at radius 2 is 2.07 bits per heavy atom. The molecular formula is C29H32N12O3S. The lowest BCUT2D eigenvalue weighted by atomic mass is 9.99. The van der Waals surface area contributed by atoms with E-state index < -0.39 is 18.2 Å². The van der Waals surface area contributed by atoms with E-state index in [4.69, 9.17) is 5.73 Å². The Balaban J connectivity index is 1.33. The van der Waals surface area contributed by atoms with Crippen LogP contribution in [0, 0.1) is 11.3 Å². The molecule has 6 rings (SSSR count). The van der Waals surface area contributed by atoms with E-state index in [2.05, 4.69) is 37.0 Å². The average Bonchev–Trinajstić information content (AvgIpc) is 3.78. The number of nitriles is 1. The molecule has 4 N–H and O–H groups in total. The summed E-state index contributed by atoms with van der Waals surface area (Å²) in [4.78, 5) is 48.9. The Hall–Kier alpha value is -5.14. The van der Waals surface area contributed by atoms with Gasteiger partial charge in [-0.05, 0) is 28.8 Å². The van der Waals surface area contributed by atoms with Crippen LogP contribution in [0.1, 0.15) is 30.9 Å². The summed E-state index contributed by atoms with van der Waals surface area (Å²) in [6, 6.07) is 13.9. The van der Waals surface area contributed by atoms with E-state index in [9.17, 15) is 19.6 Å². The first-order valence-corrected chi connectivity index (χ1v) is 15.4. The number of carbonyl (C=O) groups is 3. The zero-order valence-corrected chi connectivity index (χ0v) is 25.4. The van der Waals surface area contributed by atoms with Gasteiger partial charge in [0.1, 0.15) is 18.8 Å². The minimum atomic E-state index is -0.843. The van der Waals surface area contributed by atoms with Crippen molar-refractivity contribution >= 4 is 44.5 Å². The Kier molecular flexibility index (Phi) is 8.54. The lowest BCUT2D eigenvalue weighted by molar-refractivity contribution is -0.157. The molecule has 2 saturated heterocycles. The molecule has 45 heavy (non-hydrogen) atoms. The number of nitrogens with zero attached hydrogens (tertiary/aromatic N) is 9. The van der Waals surface area contributed by atoms with Crippen LogP contribution in [0.5, 0.6) is 0 Å². The number of fused-ring (bicyclic) bond motifs is 2. The molecule has 4 amide bonds. The van der Waals surface area contributed by atoms with E-state index in [0.29, 0.717) is 17.5 Å². The Labute approximate surface area is 262 Å². The van der Waals surface area contributed by atoms with Gasteiger partial charge in [-0.1, -0.05) is 61.1 Å². The number of unbranched alkanes of at least 4 members (excludes halogenated alkanes) is 1. The molecule has 4 heterocycles. The summed E-state index contributed by atoms with van der Waals surface area (Å²) in [5.74, 6) is -0.0678. The van der Waals surface area contributed by atoms with Crippen LogP contribution in [0.2, 0.25) is 0 Å². The van der Waals surface area contributed by atoms with Crippen LogP contribution in [0.25, 0.3) is 21.6 Å². The molecule has 2 fully saturated rings. The maximum Gasteiger partial charge on any atom is 0.333 e. The van der Waals surface area contributed by atoms with Crippen LogP contribution in [0.15, 0.2) is 42.5 Å². The van der Waals surface area contributed by atoms with Crippen LogP contribution in [0.3, 0.4) is 0 Å². The van der Waals surface area contributed by atoms with E-state index in [1.165, 1.54) is 16.3 Å². The molecule has 16 heteroatoms. The summed E-state index contributed by atoms with van der Waals surface area (Å²) in [5.41, 5.74) is 9.13. The molecule has 0 aliphatic carbocycles. The first-order valence-electron chi connectivity index (χ1n) is 14.6. The molecule has 0 bridgehead atoms. The van der Waals surface area contributed by atoms with E-state index >= 15 is 0 Å². The molecule has 2 atom stereocenters. The SMILES string of the molecule is CCCCNC(=O)N(CC#N)N1CC(=O)N2[C@@H](Cc3ccc(-c4nn[nH]n4)cc3)C(=O)N(Cc3cccc4sc(N)nc34)C[C@@H]21. The number of hydrogen-bond acceptors (Lipinski definition) is 11. The number of carbonyl (C=O) groups excluding carboxylic acids is 3. The number of piperazine rings is 1. The summed E-state index contributed by atoms with van der Waals surface area (Å²) < 4.78 is 0.913. The van der Waals surface area contributed by atoms with E-state index in [1.807, 2.05) is 49.4 Å². The number of urea groups is 1. The molecule has 2 aliphatic heterocycles. The third-order valence-electron chi connectivity index (χ3n) is 8.00. The number of hydrazine groups is 1. The van der Waals surface area contributed by atoms with Gasteiger partial charge in [0, 0.05) is 25.1 Å². The number of aromatic nitrogens is 5. The Morgan fingerprint density at radius 3 is 2.80 bits per heavy atom. The molecule has 0 saturated carbocycles. The number of nitrogens with two attached hydrogens (primary N) is 1. The normalized spacial score (nSPS) is 18.3. The number of para-hydroxylation sites is 1. The molecule has 2 aromatic carbocycles. The van der Waals surface area contributed by atoms with Crippen molar-refractivity contribution in [3.63, 3.8) is 0 Å². The van der Waals surface area contributed by atoms with Gasteiger partial charge >= 0.3 is 6.03 Å². The maximum absolute atomic E-state index is 14.2. The maximum atomic E-state index is 14.2. The molecule has 0 spiro atoms. The van der Waals surface area contributed by atoms with Crippen molar-refractivity contribution in [2.24, 2.45) is 0 Å². The Morgan fingerprint density at radius 1 is 1.24 bits per heavy atom. The second-order valence-corrected chi connectivity index (χ2v) is 11.9. The minimum Gasteiger partial charge on any atom is -0.375 e. The number of nitrogen functional groups attached to an aromatic ring is 1. The van der Waals surface area contributed by atoms with E-state index in [0.717, 1.165) is 39.7 Å². The third-order valence-corrected chi connectivity index (χ3v) is 8.85. The highest BCUT2D eigenvalue weighted by molar-refractivity contribution is 7.22. The van der Waals surface area contributed by atoms with Crippen molar-refractivity contribution in [2.45, 2.75) is 44.9 Å². The zero-order chi connectivity index (χ0) is 31.5. The van der Waals surface area contributed by atoms with Gasteiger partial charge < -0.3 is 20.9 Å². The van der Waals surface area contributed by atoms with E-state index in [1.54, 1.807) is 14.8 Å². The smallest absolute Gasteiger partial charge is 0.333 e. The number of aromatic amines is 1. The van der Waals surface area contributed by atoms with Crippen molar-refractivity contribution in [1.29, 1.82) is 5.26 Å². The van der Waals surface area contributed by atoms with Crippen molar-refractivity contribution in [3.05, 3.63) is 53.6 Å². The summed E-state index contributed by atoms with van der Waals surface area (Å²) in [7, 11) is 0. The molecule has 2 aliphatic rings. The molecule has 0 radical (unpaired) electrons. The number of rotatable bonds is 10. The standard InChI is InChI=1S/C29H32N12O3S/c1-2-3-12-32-29(44)39(13-11-30)40-17-24(42)41-21(14-18-7-9-19(10-8-18)26-34-36-37-35-26)27(43)38(16-23(40)41)15-20-5-4-6-22-25(20)33-28(31)45-22/h4-10,21,23H,2-3,12-17H2,1H3,(H2,31,33)(H,32,44)(H,34,35,36,37)/t21-,23+/m0/s1. The van der Waals surface area contributed by atoms with Crippen molar-refractivity contribution in [2.75, 3.05) is 31.9 Å². The topological polar surface area (TPSA) is 193 Å². The summed E-state index contributed by atoms with van der Waals surface area (Å²) in [5, 5.41) is 29.9. The fraction of sp³-hybridized carbons (Fsp3) is 0.379. The highest BCUT2D eigenvalue weighted by Crippen LogP contribution is 2.32. The van der Waals surface area contributed by atoms with Gasteiger partial charge in [-0.3, -0.25) is 9.59 Å². The fourth-order valence-electron chi connectivity index (χ4n) is 5.85. The Bertz CT molecular complexity index is 1740. The zero-order valence-electron chi connectivity index (χ0n) is 24.6. The second kappa shape index (κ2) is 12.8. The second-order valence-electron chi connectivity index (χ2n) is 10.9. The number of nitrogens with one attached hydrogen (secondary N) is 2. The molecular weight excluding hydrogens is 596 g/mol. The van der Waals surface area contributed by atoms with Crippen molar-refractivity contribution < 1.29 is 14.4 Å². The van der Waals surface area contributed by atoms with Crippen LogP contribution in [-0.2, 0) is 22.6 Å². The van der Waals surface area contributed by atoms with Crippen LogP contribution < -0.4 is 11.1 Å². The van der Waals surface area contributed by atoms with Gasteiger partial charge in [0.15, 0.2) is 5.13 Å². The predicted molar refractivity (Wildman–Crippen MR) is 165 cm³/mol. The van der Waals surface area contributed by atoms with Crippen LogP contribution in [0.4, 0.5) is 9.93 Å².